The number of aryl methyl sites for hydroxylation is 1. The molecule has 0 saturated carbocycles. The first-order chi connectivity index (χ1) is 16.4. The van der Waals surface area contributed by atoms with Crippen molar-refractivity contribution in [1.82, 2.24) is 19.4 Å². The largest absolute Gasteiger partial charge is 0.478 e. The maximum atomic E-state index is 13.1. The summed E-state index contributed by atoms with van der Waals surface area (Å²) >= 11 is 12.6. The summed E-state index contributed by atoms with van der Waals surface area (Å²) in [7, 11) is 1.64. The first kappa shape index (κ1) is 23.9. The molecular formula is C24H25Cl2N6O2+. The van der Waals surface area contributed by atoms with E-state index in [-0.39, 0.29) is 5.69 Å². The summed E-state index contributed by atoms with van der Waals surface area (Å²) in [6.45, 7) is 6.61. The lowest BCUT2D eigenvalue weighted by molar-refractivity contribution is -0.666. The number of fused-ring (bicyclic) bond motifs is 1. The van der Waals surface area contributed by atoms with E-state index in [1.54, 1.807) is 37.6 Å². The molecule has 0 atom stereocenters. The molecule has 176 valence electrons. The van der Waals surface area contributed by atoms with Gasteiger partial charge in [0.25, 0.3) is 5.65 Å². The van der Waals surface area contributed by atoms with Crippen molar-refractivity contribution < 1.29 is 9.30 Å². The third-order valence-electron chi connectivity index (χ3n) is 5.47. The van der Waals surface area contributed by atoms with Crippen molar-refractivity contribution in [2.45, 2.75) is 13.8 Å². The van der Waals surface area contributed by atoms with Gasteiger partial charge in [0.1, 0.15) is 23.6 Å². The monoisotopic (exact) mass is 499 g/mol. The second-order valence-corrected chi connectivity index (χ2v) is 8.42. The maximum Gasteiger partial charge on any atom is 0.448 e. The fourth-order valence-electron chi connectivity index (χ4n) is 3.46. The average molecular weight is 500 g/mol. The number of hydrogen-bond donors (Lipinski definition) is 1. The summed E-state index contributed by atoms with van der Waals surface area (Å²) in [6.07, 6.45) is 3.28. The molecule has 4 aromatic rings. The number of anilines is 2. The number of nitrogens with one attached hydrogen (secondary N) is 1. The molecule has 2 aromatic carbocycles. The topological polar surface area (TPSA) is 76.2 Å². The number of rotatable bonds is 8. The highest BCUT2D eigenvalue weighted by atomic mass is 35.5. The normalized spacial score (nSPS) is 11.2. The van der Waals surface area contributed by atoms with E-state index in [1.807, 2.05) is 24.3 Å². The molecule has 4 rings (SSSR count). The van der Waals surface area contributed by atoms with Crippen LogP contribution in [0.25, 0.3) is 16.7 Å². The number of aromatic nitrogens is 4. The van der Waals surface area contributed by atoms with Crippen LogP contribution in [0, 0.1) is 0 Å². The second-order valence-electron chi connectivity index (χ2n) is 7.61. The van der Waals surface area contributed by atoms with Gasteiger partial charge in [0.2, 0.25) is 0 Å². The predicted molar refractivity (Wildman–Crippen MR) is 134 cm³/mol. The molecule has 34 heavy (non-hydrogen) atoms. The van der Waals surface area contributed by atoms with E-state index in [9.17, 15) is 4.79 Å². The number of ether oxygens (including phenoxy) is 1. The SMILES string of the molecule is CCN(CC)COc1ccc(Nc2ncc3cn(-c4c(Cl)cccc4Cl)c(=O)[n+](C)c3n2)cc1. The fraction of sp³-hybridized carbons (Fsp3) is 0.250. The van der Waals surface area contributed by atoms with Crippen molar-refractivity contribution in [3.8, 4) is 11.4 Å². The van der Waals surface area contributed by atoms with Crippen molar-refractivity contribution in [2.24, 2.45) is 7.05 Å². The summed E-state index contributed by atoms with van der Waals surface area (Å²) in [5, 5.41) is 4.57. The highest BCUT2D eigenvalue weighted by Crippen LogP contribution is 2.27. The Morgan fingerprint density at radius 3 is 2.41 bits per heavy atom. The Bertz CT molecular complexity index is 1350. The molecule has 1 N–H and O–H groups in total. The Hall–Kier alpha value is -3.20. The molecule has 0 aliphatic rings. The van der Waals surface area contributed by atoms with E-state index < -0.39 is 0 Å². The molecule has 0 fully saturated rings. The summed E-state index contributed by atoms with van der Waals surface area (Å²) in [6, 6.07) is 12.7. The van der Waals surface area contributed by atoms with Crippen LogP contribution in [-0.2, 0) is 7.05 Å². The number of nitrogens with zero attached hydrogens (tertiary/aromatic N) is 5. The van der Waals surface area contributed by atoms with Crippen LogP contribution in [0.2, 0.25) is 10.0 Å². The number of hydrogen-bond acceptors (Lipinski definition) is 6. The molecule has 0 aliphatic carbocycles. The number of halogens is 2. The van der Waals surface area contributed by atoms with Gasteiger partial charge in [-0.15, -0.1) is 0 Å². The van der Waals surface area contributed by atoms with Gasteiger partial charge in [-0.2, -0.15) is 9.13 Å². The Balaban J connectivity index is 1.59. The lowest BCUT2D eigenvalue weighted by Gasteiger charge is -2.18. The van der Waals surface area contributed by atoms with Crippen molar-refractivity contribution in [1.29, 1.82) is 0 Å². The molecule has 10 heteroatoms. The van der Waals surface area contributed by atoms with Crippen LogP contribution in [0.15, 0.2) is 59.7 Å². The van der Waals surface area contributed by atoms with Crippen molar-refractivity contribution in [3.63, 3.8) is 0 Å². The fourth-order valence-corrected chi connectivity index (χ4v) is 4.04. The van der Waals surface area contributed by atoms with Crippen LogP contribution >= 0.6 is 23.2 Å². The lowest BCUT2D eigenvalue weighted by atomic mass is 10.3. The summed E-state index contributed by atoms with van der Waals surface area (Å²) < 4.78 is 8.65. The molecule has 2 aromatic heterocycles. The van der Waals surface area contributed by atoms with Crippen molar-refractivity contribution in [3.05, 3.63) is 75.4 Å². The molecule has 2 heterocycles. The van der Waals surface area contributed by atoms with Crippen LogP contribution < -0.4 is 20.3 Å². The van der Waals surface area contributed by atoms with Gasteiger partial charge in [0, 0.05) is 11.9 Å². The minimum Gasteiger partial charge on any atom is -0.478 e. The van der Waals surface area contributed by atoms with E-state index in [0.717, 1.165) is 24.5 Å². The molecule has 0 spiro atoms. The Morgan fingerprint density at radius 1 is 1.09 bits per heavy atom. The standard InChI is InChI=1S/C24H24Cl2N6O2/c1-4-31(5-2)15-34-18-11-9-17(10-12-18)28-23-27-13-16-14-32(24(33)30(3)22(16)29-23)21-19(25)7-6-8-20(21)26/h6-14H,4-5,15H2,1-3H3/p+1. The van der Waals surface area contributed by atoms with Crippen LogP contribution in [0.5, 0.6) is 5.75 Å². The molecular weight excluding hydrogens is 475 g/mol. The van der Waals surface area contributed by atoms with Crippen LogP contribution in [-0.4, -0.2) is 39.3 Å². The number of benzene rings is 2. The van der Waals surface area contributed by atoms with Crippen molar-refractivity contribution >= 4 is 45.9 Å². The Morgan fingerprint density at radius 2 is 1.76 bits per heavy atom. The van der Waals surface area contributed by atoms with Gasteiger partial charge < -0.3 is 10.1 Å². The first-order valence-corrected chi connectivity index (χ1v) is 11.6. The average Bonchev–Trinajstić information content (AvgIpc) is 2.84. The third kappa shape index (κ3) is 4.99. The smallest absolute Gasteiger partial charge is 0.448 e. The summed E-state index contributed by atoms with van der Waals surface area (Å²) in [5.74, 6) is 1.15. The number of para-hydroxylation sites is 1. The van der Waals surface area contributed by atoms with Gasteiger partial charge >= 0.3 is 11.6 Å². The molecule has 0 unspecified atom stereocenters. The molecule has 0 saturated heterocycles. The van der Waals surface area contributed by atoms with E-state index in [1.165, 1.54) is 9.13 Å². The minimum atomic E-state index is -0.332. The van der Waals surface area contributed by atoms with Gasteiger partial charge in [-0.3, -0.25) is 4.90 Å². The van der Waals surface area contributed by atoms with E-state index >= 15 is 0 Å². The highest BCUT2D eigenvalue weighted by molar-refractivity contribution is 6.37. The van der Waals surface area contributed by atoms with Gasteiger partial charge in [0.15, 0.2) is 0 Å². The van der Waals surface area contributed by atoms with E-state index in [2.05, 4.69) is 34.0 Å². The Labute approximate surface area is 207 Å². The Kier molecular flexibility index (Phi) is 7.31. The van der Waals surface area contributed by atoms with Gasteiger partial charge in [0.05, 0.1) is 23.3 Å². The van der Waals surface area contributed by atoms with Gasteiger partial charge in [-0.1, -0.05) is 48.1 Å². The third-order valence-corrected chi connectivity index (χ3v) is 6.08. The molecule has 0 radical (unpaired) electrons. The first-order valence-electron chi connectivity index (χ1n) is 10.9. The second kappa shape index (κ2) is 10.4. The zero-order chi connectivity index (χ0) is 24.2. The maximum absolute atomic E-state index is 13.1. The molecule has 0 amide bonds. The molecule has 0 bridgehead atoms. The molecule has 8 nitrogen and oxygen atoms in total. The van der Waals surface area contributed by atoms with Crippen molar-refractivity contribution in [2.75, 3.05) is 25.1 Å². The van der Waals surface area contributed by atoms with Crippen LogP contribution in [0.4, 0.5) is 11.6 Å². The van der Waals surface area contributed by atoms with Gasteiger partial charge in [-0.05, 0) is 49.5 Å². The molecule has 0 aliphatic heterocycles. The van der Waals surface area contributed by atoms with E-state index in [0.29, 0.717) is 39.4 Å². The lowest BCUT2D eigenvalue weighted by Crippen LogP contribution is -2.52. The highest BCUT2D eigenvalue weighted by Gasteiger charge is 2.20. The zero-order valence-electron chi connectivity index (χ0n) is 19.1. The quantitative estimate of drug-likeness (QED) is 0.287. The predicted octanol–water partition coefficient (Wildman–Crippen LogP) is 4.33. The summed E-state index contributed by atoms with van der Waals surface area (Å²) in [5.41, 5.74) is 1.36. The van der Waals surface area contributed by atoms with Gasteiger partial charge in [-0.25, -0.2) is 9.78 Å². The zero-order valence-corrected chi connectivity index (χ0v) is 20.6. The minimum absolute atomic E-state index is 0.332. The van der Waals surface area contributed by atoms with E-state index in [4.69, 9.17) is 27.9 Å². The van der Waals surface area contributed by atoms with Crippen LogP contribution in [0.1, 0.15) is 13.8 Å². The van der Waals surface area contributed by atoms with Crippen LogP contribution in [0.3, 0.4) is 0 Å². The summed E-state index contributed by atoms with van der Waals surface area (Å²) in [4.78, 5) is 24.2.